The Labute approximate surface area is 119 Å². The number of rotatable bonds is 7. The van der Waals surface area contributed by atoms with Gasteiger partial charge in [-0.15, -0.1) is 0 Å². The van der Waals surface area contributed by atoms with E-state index in [2.05, 4.69) is 26.1 Å². The van der Waals surface area contributed by atoms with E-state index >= 15 is 0 Å². The highest BCUT2D eigenvalue weighted by Crippen LogP contribution is 2.25. The molecular formula is C15H31NO2S. The standard InChI is InChI=1S/C15H31NO2S/c1-4-11-16-14-8-6-5-7-9-15(14)19(17,18)12-10-13(2)3/h13-16H,4-12H2,1-3H3. The van der Waals surface area contributed by atoms with Gasteiger partial charge in [0.1, 0.15) is 0 Å². The van der Waals surface area contributed by atoms with Crippen molar-refractivity contribution in [2.75, 3.05) is 12.3 Å². The van der Waals surface area contributed by atoms with Crippen LogP contribution in [0, 0.1) is 5.92 Å². The van der Waals surface area contributed by atoms with Crippen LogP contribution in [0.25, 0.3) is 0 Å². The van der Waals surface area contributed by atoms with E-state index in [1.54, 1.807) is 0 Å². The van der Waals surface area contributed by atoms with Gasteiger partial charge in [-0.25, -0.2) is 8.42 Å². The fourth-order valence-electron chi connectivity index (χ4n) is 2.82. The molecule has 3 nitrogen and oxygen atoms in total. The number of sulfone groups is 1. The SMILES string of the molecule is CCCNC1CCCCCC1S(=O)(=O)CCC(C)C. The monoisotopic (exact) mass is 289 g/mol. The normalized spacial score (nSPS) is 25.5. The first-order valence-electron chi connectivity index (χ1n) is 7.92. The second-order valence-corrected chi connectivity index (χ2v) is 8.63. The summed E-state index contributed by atoms with van der Waals surface area (Å²) in [5.41, 5.74) is 0. The molecule has 0 spiro atoms. The minimum absolute atomic E-state index is 0.153. The number of hydrogen-bond acceptors (Lipinski definition) is 3. The van der Waals surface area contributed by atoms with Gasteiger partial charge in [0, 0.05) is 6.04 Å². The highest BCUT2D eigenvalue weighted by Gasteiger charge is 2.33. The van der Waals surface area contributed by atoms with Crippen molar-refractivity contribution in [3.05, 3.63) is 0 Å². The van der Waals surface area contributed by atoms with Crippen LogP contribution in [0.3, 0.4) is 0 Å². The summed E-state index contributed by atoms with van der Waals surface area (Å²) in [7, 11) is -2.94. The smallest absolute Gasteiger partial charge is 0.154 e. The summed E-state index contributed by atoms with van der Waals surface area (Å²) in [5.74, 6) is 0.821. The first-order chi connectivity index (χ1) is 8.97. The molecule has 1 saturated carbocycles. The predicted octanol–water partition coefficient (Wildman–Crippen LogP) is 3.15. The maximum atomic E-state index is 12.6. The second-order valence-electron chi connectivity index (χ2n) is 6.29. The third-order valence-electron chi connectivity index (χ3n) is 4.05. The van der Waals surface area contributed by atoms with Crippen LogP contribution in [0.1, 0.15) is 65.7 Å². The van der Waals surface area contributed by atoms with Crippen LogP contribution in [0.15, 0.2) is 0 Å². The topological polar surface area (TPSA) is 46.2 Å². The van der Waals surface area contributed by atoms with Crippen molar-refractivity contribution in [1.82, 2.24) is 5.32 Å². The van der Waals surface area contributed by atoms with Gasteiger partial charge >= 0.3 is 0 Å². The van der Waals surface area contributed by atoms with Crippen molar-refractivity contribution in [2.24, 2.45) is 5.92 Å². The Kier molecular flexibility index (Phi) is 7.37. The Morgan fingerprint density at radius 3 is 2.47 bits per heavy atom. The zero-order chi connectivity index (χ0) is 14.3. The first kappa shape index (κ1) is 17.0. The fraction of sp³-hybridized carbons (Fsp3) is 1.00. The summed E-state index contributed by atoms with van der Waals surface area (Å²) in [6, 6.07) is 0.180. The lowest BCUT2D eigenvalue weighted by Crippen LogP contribution is -2.44. The van der Waals surface area contributed by atoms with Crippen LogP contribution in [-0.2, 0) is 9.84 Å². The summed E-state index contributed by atoms with van der Waals surface area (Å²) >= 11 is 0. The molecule has 0 saturated heterocycles. The molecule has 1 aliphatic carbocycles. The lowest BCUT2D eigenvalue weighted by molar-refractivity contribution is 0.448. The molecule has 114 valence electrons. The highest BCUT2D eigenvalue weighted by atomic mass is 32.2. The van der Waals surface area contributed by atoms with Crippen molar-refractivity contribution >= 4 is 9.84 Å². The zero-order valence-corrected chi connectivity index (χ0v) is 13.6. The van der Waals surface area contributed by atoms with E-state index in [-0.39, 0.29) is 11.3 Å². The van der Waals surface area contributed by atoms with Crippen molar-refractivity contribution in [2.45, 2.75) is 77.0 Å². The lowest BCUT2D eigenvalue weighted by Gasteiger charge is -2.26. The molecule has 4 heteroatoms. The van der Waals surface area contributed by atoms with Crippen molar-refractivity contribution in [3.63, 3.8) is 0 Å². The molecule has 1 N–H and O–H groups in total. The molecule has 0 radical (unpaired) electrons. The van der Waals surface area contributed by atoms with Gasteiger partial charge in [-0.2, -0.15) is 0 Å². The van der Waals surface area contributed by atoms with Crippen LogP contribution >= 0.6 is 0 Å². The highest BCUT2D eigenvalue weighted by molar-refractivity contribution is 7.92. The predicted molar refractivity (Wildman–Crippen MR) is 82.2 cm³/mol. The maximum absolute atomic E-state index is 12.6. The minimum Gasteiger partial charge on any atom is -0.313 e. The molecule has 19 heavy (non-hydrogen) atoms. The summed E-state index contributed by atoms with van der Waals surface area (Å²) < 4.78 is 25.2. The third-order valence-corrected chi connectivity index (χ3v) is 6.34. The Hall–Kier alpha value is -0.0900. The van der Waals surface area contributed by atoms with Gasteiger partial charge in [0.15, 0.2) is 9.84 Å². The van der Waals surface area contributed by atoms with E-state index < -0.39 is 9.84 Å². The quantitative estimate of drug-likeness (QED) is 0.732. The van der Waals surface area contributed by atoms with E-state index in [0.717, 1.165) is 45.1 Å². The molecule has 2 unspecified atom stereocenters. The van der Waals surface area contributed by atoms with E-state index in [0.29, 0.717) is 11.7 Å². The van der Waals surface area contributed by atoms with Crippen molar-refractivity contribution in [3.8, 4) is 0 Å². The van der Waals surface area contributed by atoms with E-state index in [9.17, 15) is 8.42 Å². The van der Waals surface area contributed by atoms with Gasteiger partial charge in [0.2, 0.25) is 0 Å². The van der Waals surface area contributed by atoms with Crippen LogP contribution in [0.4, 0.5) is 0 Å². The molecule has 0 aliphatic heterocycles. The molecule has 0 bridgehead atoms. The number of hydrogen-bond donors (Lipinski definition) is 1. The molecule has 1 aliphatic rings. The third kappa shape index (κ3) is 5.82. The average molecular weight is 289 g/mol. The summed E-state index contributed by atoms with van der Waals surface area (Å²) in [6.45, 7) is 7.25. The van der Waals surface area contributed by atoms with Crippen LogP contribution < -0.4 is 5.32 Å². The Morgan fingerprint density at radius 1 is 1.16 bits per heavy atom. The van der Waals surface area contributed by atoms with Crippen molar-refractivity contribution < 1.29 is 8.42 Å². The molecule has 0 aromatic carbocycles. The largest absolute Gasteiger partial charge is 0.313 e. The number of nitrogens with one attached hydrogen (secondary N) is 1. The molecule has 1 rings (SSSR count). The first-order valence-corrected chi connectivity index (χ1v) is 9.64. The summed E-state index contributed by atoms with van der Waals surface area (Å²) in [4.78, 5) is 0. The Bertz CT molecular complexity index is 338. The van der Waals surface area contributed by atoms with Crippen molar-refractivity contribution in [1.29, 1.82) is 0 Å². The van der Waals surface area contributed by atoms with E-state index in [4.69, 9.17) is 0 Å². The van der Waals surface area contributed by atoms with Crippen LogP contribution in [0.2, 0.25) is 0 Å². The second kappa shape index (κ2) is 8.25. The average Bonchev–Trinajstić information content (AvgIpc) is 2.59. The maximum Gasteiger partial charge on any atom is 0.154 e. The molecule has 0 amide bonds. The molecule has 0 heterocycles. The zero-order valence-electron chi connectivity index (χ0n) is 12.8. The van der Waals surface area contributed by atoms with Crippen LogP contribution in [-0.4, -0.2) is 32.0 Å². The van der Waals surface area contributed by atoms with Gasteiger partial charge in [0.25, 0.3) is 0 Å². The molecular weight excluding hydrogens is 258 g/mol. The van der Waals surface area contributed by atoms with E-state index in [1.807, 2.05) is 0 Å². The van der Waals surface area contributed by atoms with Gasteiger partial charge in [-0.1, -0.05) is 40.0 Å². The summed E-state index contributed by atoms with van der Waals surface area (Å²) in [6.07, 6.45) is 7.13. The molecule has 0 aromatic rings. The molecule has 0 aromatic heterocycles. The van der Waals surface area contributed by atoms with Gasteiger partial charge < -0.3 is 5.32 Å². The van der Waals surface area contributed by atoms with Gasteiger partial charge in [0.05, 0.1) is 11.0 Å². The van der Waals surface area contributed by atoms with Gasteiger partial charge in [-0.3, -0.25) is 0 Å². The van der Waals surface area contributed by atoms with Gasteiger partial charge in [-0.05, 0) is 38.1 Å². The lowest BCUT2D eigenvalue weighted by atomic mass is 10.1. The van der Waals surface area contributed by atoms with E-state index in [1.165, 1.54) is 6.42 Å². The Balaban J connectivity index is 2.71. The van der Waals surface area contributed by atoms with Crippen LogP contribution in [0.5, 0.6) is 0 Å². The summed E-state index contributed by atoms with van der Waals surface area (Å²) in [5, 5.41) is 3.32. The molecule has 2 atom stereocenters. The molecule has 1 fully saturated rings. The minimum atomic E-state index is -2.94. The fourth-order valence-corrected chi connectivity index (χ4v) is 5.18. The Morgan fingerprint density at radius 2 is 1.84 bits per heavy atom.